The summed E-state index contributed by atoms with van der Waals surface area (Å²) in [5.74, 6) is 1.07. The van der Waals surface area contributed by atoms with Gasteiger partial charge in [-0.25, -0.2) is 8.42 Å². The third-order valence-corrected chi connectivity index (χ3v) is 7.62. The summed E-state index contributed by atoms with van der Waals surface area (Å²) in [6.07, 6.45) is 2.85. The normalized spacial score (nSPS) is 15.6. The molecule has 1 aliphatic rings. The molecule has 8 heteroatoms. The molecule has 1 heterocycles. The molecule has 2 aromatic carbocycles. The number of carbonyl (C=O) groups excluding carboxylic acids is 1. The van der Waals surface area contributed by atoms with Crippen LogP contribution in [0.1, 0.15) is 43.7 Å². The molecule has 0 spiro atoms. The summed E-state index contributed by atoms with van der Waals surface area (Å²) in [5.41, 5.74) is 2.14. The zero-order valence-corrected chi connectivity index (χ0v) is 20.5. The molecule has 180 valence electrons. The third-order valence-electron chi connectivity index (χ3n) is 5.71. The van der Waals surface area contributed by atoms with Crippen molar-refractivity contribution in [3.63, 3.8) is 0 Å². The summed E-state index contributed by atoms with van der Waals surface area (Å²) in [6.45, 7) is 7.62. The van der Waals surface area contributed by atoms with Crippen molar-refractivity contribution in [1.82, 2.24) is 9.62 Å². The minimum Gasteiger partial charge on any atom is -0.492 e. The van der Waals surface area contributed by atoms with Crippen molar-refractivity contribution in [2.75, 3.05) is 26.2 Å². The van der Waals surface area contributed by atoms with Crippen molar-refractivity contribution in [3.8, 4) is 11.5 Å². The molecule has 1 fully saturated rings. The third kappa shape index (κ3) is 6.71. The minimum absolute atomic E-state index is 0.191. The van der Waals surface area contributed by atoms with Gasteiger partial charge in [0.15, 0.2) is 6.10 Å². The highest BCUT2D eigenvalue weighted by atomic mass is 32.2. The molecule has 0 bridgehead atoms. The van der Waals surface area contributed by atoms with Crippen molar-refractivity contribution in [1.29, 1.82) is 0 Å². The largest absolute Gasteiger partial charge is 0.492 e. The molecule has 1 amide bonds. The number of nitrogens with zero attached hydrogens (tertiary/aromatic N) is 1. The van der Waals surface area contributed by atoms with Gasteiger partial charge in [0.1, 0.15) is 18.1 Å². The van der Waals surface area contributed by atoms with Crippen LogP contribution in [0.4, 0.5) is 0 Å². The summed E-state index contributed by atoms with van der Waals surface area (Å²) < 4.78 is 38.6. The standard InChI is InChI=1S/C25H34N2O5S/c1-4-23(32-24-13-8-19(2)18-20(24)3)25(28)26-14-17-31-21-9-11-22(12-10-21)33(29,30)27-15-6-5-7-16-27/h8-13,18,23H,4-7,14-17H2,1-3H3,(H,26,28). The van der Waals surface area contributed by atoms with E-state index in [2.05, 4.69) is 5.32 Å². The number of carbonyl (C=O) groups is 1. The van der Waals surface area contributed by atoms with Crippen molar-refractivity contribution < 1.29 is 22.7 Å². The Labute approximate surface area is 197 Å². The van der Waals surface area contributed by atoms with Gasteiger partial charge < -0.3 is 14.8 Å². The van der Waals surface area contributed by atoms with Crippen LogP contribution in [0, 0.1) is 13.8 Å². The average Bonchev–Trinajstić information content (AvgIpc) is 2.82. The summed E-state index contributed by atoms with van der Waals surface area (Å²) >= 11 is 0. The highest BCUT2D eigenvalue weighted by Gasteiger charge is 2.25. The number of hydrogen-bond donors (Lipinski definition) is 1. The molecule has 1 unspecified atom stereocenters. The molecule has 1 atom stereocenters. The maximum atomic E-state index is 12.7. The lowest BCUT2D eigenvalue weighted by molar-refractivity contribution is -0.128. The molecule has 0 radical (unpaired) electrons. The number of sulfonamides is 1. The fraction of sp³-hybridized carbons (Fsp3) is 0.480. The minimum atomic E-state index is -3.45. The van der Waals surface area contributed by atoms with Crippen LogP contribution >= 0.6 is 0 Å². The van der Waals surface area contributed by atoms with Crippen LogP contribution in [0.5, 0.6) is 11.5 Å². The molecule has 1 N–H and O–H groups in total. The number of hydrogen-bond acceptors (Lipinski definition) is 5. The second-order valence-electron chi connectivity index (χ2n) is 8.36. The van der Waals surface area contributed by atoms with Crippen LogP contribution in [-0.4, -0.2) is 51.0 Å². The fourth-order valence-electron chi connectivity index (χ4n) is 3.83. The van der Waals surface area contributed by atoms with E-state index >= 15 is 0 Å². The summed E-state index contributed by atoms with van der Waals surface area (Å²) in [4.78, 5) is 12.8. The van der Waals surface area contributed by atoms with E-state index in [-0.39, 0.29) is 17.4 Å². The smallest absolute Gasteiger partial charge is 0.261 e. The first-order valence-corrected chi connectivity index (χ1v) is 13.0. The van der Waals surface area contributed by atoms with E-state index in [9.17, 15) is 13.2 Å². The number of aryl methyl sites for hydroxylation is 2. The molecule has 1 aliphatic heterocycles. The van der Waals surface area contributed by atoms with E-state index in [1.807, 2.05) is 39.0 Å². The van der Waals surface area contributed by atoms with Crippen molar-refractivity contribution in [2.24, 2.45) is 0 Å². The number of ether oxygens (including phenoxy) is 2. The van der Waals surface area contributed by atoms with Gasteiger partial charge in [-0.05, 0) is 69.0 Å². The van der Waals surface area contributed by atoms with Gasteiger partial charge in [-0.1, -0.05) is 31.0 Å². The van der Waals surface area contributed by atoms with Gasteiger partial charge in [0.2, 0.25) is 10.0 Å². The van der Waals surface area contributed by atoms with E-state index in [1.165, 1.54) is 0 Å². The van der Waals surface area contributed by atoms with Crippen LogP contribution in [0.3, 0.4) is 0 Å². The molecule has 2 aromatic rings. The lowest BCUT2D eigenvalue weighted by Crippen LogP contribution is -2.39. The molecule has 7 nitrogen and oxygen atoms in total. The Morgan fingerprint density at radius 2 is 1.76 bits per heavy atom. The van der Waals surface area contributed by atoms with Gasteiger partial charge in [0, 0.05) is 13.1 Å². The van der Waals surface area contributed by atoms with E-state index in [4.69, 9.17) is 9.47 Å². The van der Waals surface area contributed by atoms with Gasteiger partial charge in [0.25, 0.3) is 5.91 Å². The Bertz CT molecular complexity index is 1030. The zero-order chi connectivity index (χ0) is 23.8. The number of nitrogens with one attached hydrogen (secondary N) is 1. The highest BCUT2D eigenvalue weighted by Crippen LogP contribution is 2.23. The second-order valence-corrected chi connectivity index (χ2v) is 10.3. The van der Waals surface area contributed by atoms with Crippen molar-refractivity contribution in [3.05, 3.63) is 53.6 Å². The first-order chi connectivity index (χ1) is 15.8. The Hall–Kier alpha value is -2.58. The molecule has 0 aliphatic carbocycles. The molecule has 0 saturated carbocycles. The molecular weight excluding hydrogens is 440 g/mol. The van der Waals surface area contributed by atoms with Gasteiger partial charge >= 0.3 is 0 Å². The molecule has 33 heavy (non-hydrogen) atoms. The monoisotopic (exact) mass is 474 g/mol. The second kappa shape index (κ2) is 11.5. The summed E-state index contributed by atoms with van der Waals surface area (Å²) in [5, 5.41) is 2.84. The van der Waals surface area contributed by atoms with Crippen LogP contribution < -0.4 is 14.8 Å². The number of benzene rings is 2. The summed E-state index contributed by atoms with van der Waals surface area (Å²) in [6, 6.07) is 12.3. The Morgan fingerprint density at radius 1 is 1.06 bits per heavy atom. The van der Waals surface area contributed by atoms with E-state index in [0.717, 1.165) is 30.4 Å². The van der Waals surface area contributed by atoms with E-state index in [1.54, 1.807) is 28.6 Å². The van der Waals surface area contributed by atoms with Crippen LogP contribution in [0.2, 0.25) is 0 Å². The van der Waals surface area contributed by atoms with Gasteiger partial charge in [-0.2, -0.15) is 4.31 Å². The predicted molar refractivity (Wildman–Crippen MR) is 128 cm³/mol. The van der Waals surface area contributed by atoms with Crippen molar-refractivity contribution in [2.45, 2.75) is 57.5 Å². The maximum Gasteiger partial charge on any atom is 0.261 e. The molecular formula is C25H34N2O5S. The van der Waals surface area contributed by atoms with Gasteiger partial charge in [-0.3, -0.25) is 4.79 Å². The SMILES string of the molecule is CCC(Oc1ccc(C)cc1C)C(=O)NCCOc1ccc(S(=O)(=O)N2CCCCC2)cc1. The number of amides is 1. The van der Waals surface area contributed by atoms with Gasteiger partial charge in [0.05, 0.1) is 11.4 Å². The lowest BCUT2D eigenvalue weighted by atomic mass is 10.1. The molecule has 0 aromatic heterocycles. The topological polar surface area (TPSA) is 84.9 Å². The zero-order valence-electron chi connectivity index (χ0n) is 19.7. The van der Waals surface area contributed by atoms with Crippen molar-refractivity contribution >= 4 is 15.9 Å². The molecule has 3 rings (SSSR count). The number of piperidine rings is 1. The van der Waals surface area contributed by atoms with E-state index < -0.39 is 16.1 Å². The van der Waals surface area contributed by atoms with Gasteiger partial charge in [-0.15, -0.1) is 0 Å². The molecule has 1 saturated heterocycles. The summed E-state index contributed by atoms with van der Waals surface area (Å²) in [7, 11) is -3.45. The van der Waals surface area contributed by atoms with Crippen LogP contribution in [-0.2, 0) is 14.8 Å². The Morgan fingerprint density at radius 3 is 2.39 bits per heavy atom. The van der Waals surface area contributed by atoms with Crippen LogP contribution in [0.25, 0.3) is 0 Å². The highest BCUT2D eigenvalue weighted by molar-refractivity contribution is 7.89. The van der Waals surface area contributed by atoms with E-state index in [0.29, 0.717) is 37.6 Å². The fourth-order valence-corrected chi connectivity index (χ4v) is 5.34. The Kier molecular flexibility index (Phi) is 8.74. The lowest BCUT2D eigenvalue weighted by Gasteiger charge is -2.25. The quantitative estimate of drug-likeness (QED) is 0.529. The van der Waals surface area contributed by atoms with Crippen LogP contribution in [0.15, 0.2) is 47.4 Å². The first-order valence-electron chi connectivity index (χ1n) is 11.6. The first kappa shape index (κ1) is 25.1. The maximum absolute atomic E-state index is 12.7. The predicted octanol–water partition coefficient (Wildman–Crippen LogP) is 3.83. The Balaban J connectivity index is 1.46. The number of rotatable bonds is 10. The average molecular weight is 475 g/mol.